The van der Waals surface area contributed by atoms with Crippen LogP contribution in [0.15, 0.2) is 10.2 Å². The number of hydrogen-bond acceptors (Lipinski definition) is 19. The summed E-state index contributed by atoms with van der Waals surface area (Å²) >= 11 is 6.15. The van der Waals surface area contributed by atoms with Gasteiger partial charge >= 0.3 is 47.5 Å². The molecule has 0 aliphatic heterocycles. The zero-order valence-corrected chi connectivity index (χ0v) is 60.6. The molecule has 10 atom stereocenters. The molecule has 0 amide bonds. The number of nitrogens with zero attached hydrogens (tertiary/aromatic N) is 9. The van der Waals surface area contributed by atoms with Gasteiger partial charge in [-0.1, -0.05) is 100.0 Å². The van der Waals surface area contributed by atoms with Gasteiger partial charge in [-0.15, -0.1) is 0 Å². The van der Waals surface area contributed by atoms with Crippen LogP contribution >= 0.6 is 48.9 Å². The van der Waals surface area contributed by atoms with Crippen molar-refractivity contribution in [2.45, 2.75) is 221 Å². The van der Waals surface area contributed by atoms with E-state index in [9.17, 15) is 32.0 Å². The van der Waals surface area contributed by atoms with Gasteiger partial charge in [-0.25, -0.2) is 0 Å². The summed E-state index contributed by atoms with van der Waals surface area (Å²) in [4.78, 5) is 48.5. The molecule has 0 saturated carbocycles. The van der Waals surface area contributed by atoms with Gasteiger partial charge in [0.1, 0.15) is 12.2 Å². The Balaban J connectivity index is -0.0000000683. The van der Waals surface area contributed by atoms with Crippen LogP contribution in [-0.2, 0) is 65.8 Å². The Morgan fingerprint density at radius 1 is 0.671 bits per heavy atom. The largest absolute Gasteiger partial charge is 1.00 e. The molecule has 35 heteroatoms. The van der Waals surface area contributed by atoms with Crippen molar-refractivity contribution in [1.82, 2.24) is 0 Å². The number of aliphatic hydroxyl groups is 3. The zero-order chi connectivity index (χ0) is 65.9. The van der Waals surface area contributed by atoms with Crippen molar-refractivity contribution in [2.24, 2.45) is 10.2 Å². The zero-order valence-electron chi connectivity index (χ0n) is 52.5. The van der Waals surface area contributed by atoms with Crippen molar-refractivity contribution in [3.63, 3.8) is 0 Å². The minimum atomic E-state index is -3.30. The Labute approximate surface area is 531 Å². The molecular formula is C47H108ClFN9NaO17P4SSi. The van der Waals surface area contributed by atoms with E-state index in [4.69, 9.17) is 68.0 Å². The molecule has 0 bridgehead atoms. The van der Waals surface area contributed by atoms with Gasteiger partial charge in [-0.3, -0.25) is 32.7 Å². The van der Waals surface area contributed by atoms with Crippen molar-refractivity contribution < 1.29 is 115 Å². The predicted octanol–water partition coefficient (Wildman–Crippen LogP) is 9.93. The van der Waals surface area contributed by atoms with E-state index in [-0.39, 0.29) is 111 Å². The SMILES string of the molecule is C.CC(C)(C)[Si](C)(C)Cl.CCC(=O)CC(=O)OC.CC[C@@H](CC(=O)OC)OP.CC[C@@H](CCN=[N+]=[N-])OP.CC[C@@H](CCO)OP.CC[C@@H](CCOS(C)(=O)=O)OP.CC[C@H](O)CC(=O)OC.CC[C@H](O)CCN=[N+]=[N-].[2H]CF.[N-]=[N+]=[N-].[Na+]. The number of alkyl halides is 1. The first-order valence-corrected chi connectivity index (χ1v) is 32.9. The van der Waals surface area contributed by atoms with Gasteiger partial charge in [0.05, 0.1) is 92.2 Å². The van der Waals surface area contributed by atoms with Gasteiger partial charge < -0.3 is 58.7 Å². The smallest absolute Gasteiger partial charge is 0.469 e. The fraction of sp³-hybridized carbons (Fsp3) is 0.915. The van der Waals surface area contributed by atoms with Crippen molar-refractivity contribution in [2.75, 3.05) is 61.0 Å². The second kappa shape index (κ2) is 81.9. The van der Waals surface area contributed by atoms with Crippen LogP contribution in [0.5, 0.6) is 0 Å². The Morgan fingerprint density at radius 2 is 1.00 bits per heavy atom. The normalized spacial score (nSPS) is 11.9. The Morgan fingerprint density at radius 3 is 1.26 bits per heavy atom. The number of azide groups is 2. The topological polar surface area (TPSA) is 393 Å². The quantitative estimate of drug-likeness (QED) is 0.00599. The van der Waals surface area contributed by atoms with Crippen LogP contribution in [0.4, 0.5) is 4.39 Å². The van der Waals surface area contributed by atoms with Gasteiger partial charge in [0, 0.05) is 73.8 Å². The molecule has 0 aliphatic rings. The molecule has 0 aliphatic carbocycles. The molecule has 0 radical (unpaired) electrons. The van der Waals surface area contributed by atoms with Crippen molar-refractivity contribution in [3.8, 4) is 0 Å². The number of rotatable bonds is 29. The number of carbonyl (C=O) groups excluding carboxylic acids is 4. The third-order valence-electron chi connectivity index (χ3n) is 9.96. The predicted molar refractivity (Wildman–Crippen MR) is 339 cm³/mol. The molecule has 0 aromatic heterocycles. The number of esters is 3. The second-order valence-electron chi connectivity index (χ2n) is 17.1. The summed E-state index contributed by atoms with van der Waals surface area (Å²) in [5.74, 6) is -1.12. The molecule has 0 spiro atoms. The monoisotopic (exact) mass is 1330 g/mol. The first kappa shape index (κ1) is 106. The number of aliphatic hydroxyl groups excluding tert-OH is 3. The summed E-state index contributed by atoms with van der Waals surface area (Å²) in [5, 5.41) is 33.2. The van der Waals surface area contributed by atoms with Crippen LogP contribution in [0.1, 0.15) is 168 Å². The van der Waals surface area contributed by atoms with E-state index in [1.165, 1.54) is 26.2 Å². The van der Waals surface area contributed by atoms with Crippen LogP contribution in [0.2, 0.25) is 18.1 Å². The van der Waals surface area contributed by atoms with Gasteiger partial charge in [-0.05, 0) is 80.3 Å². The third kappa shape index (κ3) is 104. The minimum absolute atomic E-state index is 0. The number of carbonyl (C=O) groups is 4. The number of Topliss-reactive ketones (excluding diaryl/α,β-unsaturated/α-hetero) is 1. The average molecular weight is 1330 g/mol. The van der Waals surface area contributed by atoms with E-state index in [1.807, 2.05) is 41.5 Å². The van der Waals surface area contributed by atoms with Gasteiger partial charge in [0.15, 0.2) is 7.38 Å². The van der Waals surface area contributed by atoms with Crippen molar-refractivity contribution in [3.05, 3.63) is 36.9 Å². The van der Waals surface area contributed by atoms with Crippen LogP contribution < -0.4 is 29.6 Å². The van der Waals surface area contributed by atoms with Crippen LogP contribution in [0, 0.1) is 0 Å². The number of halogens is 2. The molecule has 0 fully saturated rings. The summed E-state index contributed by atoms with van der Waals surface area (Å²) in [6.07, 6.45) is 8.95. The Hall–Kier alpha value is -1.20. The first-order valence-electron chi connectivity index (χ1n) is 25.9. The first-order chi connectivity index (χ1) is 37.7. The summed E-state index contributed by atoms with van der Waals surface area (Å²) < 4.78 is 73.9. The summed E-state index contributed by atoms with van der Waals surface area (Å²) in [6, 6.07) is 0. The van der Waals surface area contributed by atoms with Crippen LogP contribution in [0.3, 0.4) is 0 Å². The second-order valence-corrected chi connectivity index (χ2v) is 27.1. The molecule has 0 aromatic carbocycles. The van der Waals surface area contributed by atoms with E-state index in [0.29, 0.717) is 50.2 Å². The molecule has 26 nitrogen and oxygen atoms in total. The third-order valence-corrected chi connectivity index (χ3v) is 17.4. The van der Waals surface area contributed by atoms with E-state index < -0.39 is 36.7 Å². The number of ether oxygens (including phenoxy) is 3. The van der Waals surface area contributed by atoms with E-state index >= 15 is 0 Å². The standard InChI is InChI=1S/C6H15ClSi.C6H15O4PS.C6H13O3P.C6H12O3.C6H10O3.C5H12N3OP.C5H11N3O.C5H13O2P.CH3F.CH4.N3.Na/c1-6(2,3)8(4,5)7;1-3-6(10-11)4-5-9-12(2,7)8;1-3-5(9-10)4-6(7)8-2;2*1-3-5(7)4-6(8)9-2;1-2-5(9-10)3-4-7-8-6;1-2-5(9)3-4-7-8-6;1-2-5(7-8)3-4-6;1-2;;1-3-2;/h1-5H3;6H,3-5,11H2,1-2H3;5H,3-4,10H2,1-2H3;5,7H,3-4H2,1-2H3;3-4H2,1-2H3;5H,2-4,10H2,1H3;5,9H,2-4H2,1H3;5-6H,2-4,8H2,1H3;1H3;1H4;;/q;;;;;;;;;;-1;+1/t;6-;2*5-;;3*5-;;;;/m.000.000..../s1/i;;;;;;;;1D;;;. The molecule has 4 unspecified atom stereocenters. The Kier molecular flexibility index (Phi) is 105. The van der Waals surface area contributed by atoms with Crippen LogP contribution in [0.25, 0.3) is 36.9 Å². The van der Waals surface area contributed by atoms with Crippen LogP contribution in [-0.4, -0.2) is 152 Å². The average Bonchev–Trinajstić information content (AvgIpc) is 3.42. The molecule has 488 valence electrons. The van der Waals surface area contributed by atoms with Crippen molar-refractivity contribution in [1.29, 1.82) is 0 Å². The maximum Gasteiger partial charge on any atom is 1.00 e. The molecule has 3 N–H and O–H groups in total. The molecule has 0 rings (SSSR count). The fourth-order valence-corrected chi connectivity index (χ4v) is 5.29. The van der Waals surface area contributed by atoms with Gasteiger partial charge in [-0.2, -0.15) is 19.5 Å². The summed E-state index contributed by atoms with van der Waals surface area (Å²) in [7, 11) is 6.98. The molecule has 0 aromatic rings. The molecular weight excluding hydrogens is 1220 g/mol. The number of hydrogen-bond donors (Lipinski definition) is 3. The fourth-order valence-electron chi connectivity index (χ4n) is 3.62. The summed E-state index contributed by atoms with van der Waals surface area (Å²) in [6.45, 7) is 25.7. The molecule has 82 heavy (non-hydrogen) atoms. The van der Waals surface area contributed by atoms with E-state index in [1.54, 1.807) is 6.92 Å². The number of methoxy groups -OCH3 is 3. The number of ketones is 1. The van der Waals surface area contributed by atoms with Gasteiger partial charge in [0.2, 0.25) is 0 Å². The maximum absolute atomic E-state index is 10.6. The van der Waals surface area contributed by atoms with Crippen molar-refractivity contribution >= 4 is 90.1 Å². The molecule has 0 heterocycles. The van der Waals surface area contributed by atoms with E-state index in [0.717, 1.165) is 51.2 Å². The van der Waals surface area contributed by atoms with E-state index in [2.05, 4.69) is 110 Å². The minimum Gasteiger partial charge on any atom is -0.469 e. The Bertz CT molecular complexity index is 1650. The maximum atomic E-state index is 10.6. The molecule has 0 saturated heterocycles. The summed E-state index contributed by atoms with van der Waals surface area (Å²) in [5.41, 5.74) is 29.3. The van der Waals surface area contributed by atoms with Gasteiger partial charge in [0.25, 0.3) is 10.1 Å².